The van der Waals surface area contributed by atoms with E-state index in [4.69, 9.17) is 4.74 Å². The molecule has 4 nitrogen and oxygen atoms in total. The van der Waals surface area contributed by atoms with Crippen molar-refractivity contribution in [2.75, 3.05) is 6.54 Å². The summed E-state index contributed by atoms with van der Waals surface area (Å²) in [5.41, 5.74) is 3.88. The van der Waals surface area contributed by atoms with Gasteiger partial charge in [0.2, 0.25) is 0 Å². The van der Waals surface area contributed by atoms with E-state index in [2.05, 4.69) is 37.0 Å². The molecular weight excluding hydrogens is 264 g/mol. The fraction of sp³-hybridized carbons (Fsp3) is 0.471. The van der Waals surface area contributed by atoms with Crippen LogP contribution in [0, 0.1) is 6.92 Å². The average Bonchev–Trinajstić information content (AvgIpc) is 2.73. The largest absolute Gasteiger partial charge is 0.440 e. The maximum atomic E-state index is 12.4. The van der Waals surface area contributed by atoms with Crippen LogP contribution >= 0.6 is 0 Å². The molecule has 1 amide bonds. The van der Waals surface area contributed by atoms with Gasteiger partial charge in [0.25, 0.3) is 0 Å². The molecule has 1 N–H and O–H groups in total. The van der Waals surface area contributed by atoms with Crippen LogP contribution in [-0.4, -0.2) is 28.1 Å². The van der Waals surface area contributed by atoms with Crippen LogP contribution in [-0.2, 0) is 16.7 Å². The number of H-pyrrole nitrogens is 1. The lowest BCUT2D eigenvalue weighted by atomic mass is 9.76. The second-order valence-corrected chi connectivity index (χ2v) is 6.81. The predicted molar refractivity (Wildman–Crippen MR) is 81.4 cm³/mol. The number of aromatic nitrogens is 1. The maximum absolute atomic E-state index is 12.4. The van der Waals surface area contributed by atoms with Crippen LogP contribution in [0.3, 0.4) is 0 Å². The lowest BCUT2D eigenvalue weighted by molar-refractivity contribution is 0.0242. The van der Waals surface area contributed by atoms with Crippen molar-refractivity contribution < 1.29 is 9.53 Å². The number of nitrogens with zero attached hydrogens (tertiary/aromatic N) is 1. The highest BCUT2D eigenvalue weighted by atomic mass is 16.6. The van der Waals surface area contributed by atoms with Gasteiger partial charge >= 0.3 is 6.09 Å². The second kappa shape index (κ2) is 3.62. The number of cyclic esters (lactones) is 1. The minimum absolute atomic E-state index is 0.203. The average molecular weight is 284 g/mol. The summed E-state index contributed by atoms with van der Waals surface area (Å²) >= 11 is 0. The Morgan fingerprint density at radius 1 is 1.29 bits per heavy atom. The summed E-state index contributed by atoms with van der Waals surface area (Å²) in [5, 5.41) is 1.27. The molecule has 0 unspecified atom stereocenters. The van der Waals surface area contributed by atoms with Crippen molar-refractivity contribution >= 4 is 17.0 Å². The van der Waals surface area contributed by atoms with Crippen LogP contribution in [0.15, 0.2) is 18.2 Å². The Balaban J connectivity index is 2.12. The molecule has 4 heteroatoms. The van der Waals surface area contributed by atoms with Crippen molar-refractivity contribution in [1.29, 1.82) is 0 Å². The van der Waals surface area contributed by atoms with Gasteiger partial charge in [0.15, 0.2) is 0 Å². The molecule has 0 aliphatic carbocycles. The van der Waals surface area contributed by atoms with Crippen LogP contribution in [0.2, 0.25) is 0 Å². The maximum Gasteiger partial charge on any atom is 0.411 e. The molecule has 1 saturated heterocycles. The number of hydrogen-bond acceptors (Lipinski definition) is 2. The van der Waals surface area contributed by atoms with Crippen molar-refractivity contribution in [2.45, 2.75) is 45.3 Å². The number of aryl methyl sites for hydroxylation is 1. The number of rotatable bonds is 0. The van der Waals surface area contributed by atoms with Crippen molar-refractivity contribution in [3.8, 4) is 0 Å². The number of nitrogens with one attached hydrogen (secondary N) is 1. The van der Waals surface area contributed by atoms with E-state index in [0.717, 1.165) is 11.9 Å². The minimum atomic E-state index is -0.550. The number of amides is 1. The highest BCUT2D eigenvalue weighted by Crippen LogP contribution is 2.50. The van der Waals surface area contributed by atoms with Gasteiger partial charge < -0.3 is 9.72 Å². The Bertz CT molecular complexity index is 774. The summed E-state index contributed by atoms with van der Waals surface area (Å²) in [6.07, 6.45) is 0.662. The number of fused-ring (bicyclic) bond motifs is 2. The molecule has 2 aromatic rings. The third kappa shape index (κ3) is 1.33. The van der Waals surface area contributed by atoms with Gasteiger partial charge in [0.05, 0.1) is 0 Å². The molecule has 1 aromatic carbocycles. The molecule has 2 aliphatic rings. The summed E-state index contributed by atoms with van der Waals surface area (Å²) < 4.78 is 5.68. The number of hydrogen-bond donors (Lipinski definition) is 1. The van der Waals surface area contributed by atoms with E-state index in [0.29, 0.717) is 6.54 Å². The van der Waals surface area contributed by atoms with Gasteiger partial charge in [-0.05, 0) is 51.3 Å². The van der Waals surface area contributed by atoms with Gasteiger partial charge in [-0.3, -0.25) is 4.90 Å². The van der Waals surface area contributed by atoms with E-state index in [1.165, 1.54) is 22.2 Å². The second-order valence-electron chi connectivity index (χ2n) is 6.81. The fourth-order valence-electron chi connectivity index (χ4n) is 4.05. The lowest BCUT2D eigenvalue weighted by Gasteiger charge is -2.40. The Labute approximate surface area is 124 Å². The third-order valence-electron chi connectivity index (χ3n) is 5.53. The van der Waals surface area contributed by atoms with Gasteiger partial charge in [0.1, 0.15) is 11.1 Å². The SMILES string of the molecule is Cc1[nH]c2cccc3c2c1CCN1C(=O)OC(C)(C)[C@]31C. The molecule has 21 heavy (non-hydrogen) atoms. The first-order valence-electron chi connectivity index (χ1n) is 7.47. The van der Waals surface area contributed by atoms with E-state index >= 15 is 0 Å². The summed E-state index contributed by atoms with van der Waals surface area (Å²) in [6, 6.07) is 6.31. The normalized spacial score (nSPS) is 26.7. The van der Waals surface area contributed by atoms with Gasteiger partial charge in [0, 0.05) is 23.1 Å². The number of carbonyl (C=O) groups is 1. The topological polar surface area (TPSA) is 45.3 Å². The van der Waals surface area contributed by atoms with Gasteiger partial charge in [-0.1, -0.05) is 12.1 Å². The molecule has 1 aromatic heterocycles. The standard InChI is InChI=1S/C17H20N2O2/c1-10-11-8-9-19-15(20)21-16(2,3)17(19,4)12-6-5-7-13(18-10)14(11)12/h5-7,18H,8-9H2,1-4H3/t17-/m0/s1. The Hall–Kier alpha value is -1.97. The summed E-state index contributed by atoms with van der Waals surface area (Å²) in [7, 11) is 0. The Morgan fingerprint density at radius 2 is 2.05 bits per heavy atom. The summed E-state index contributed by atoms with van der Waals surface area (Å²) in [4.78, 5) is 17.7. The zero-order chi connectivity index (χ0) is 15.0. The minimum Gasteiger partial charge on any atom is -0.440 e. The molecular formula is C17H20N2O2. The number of ether oxygens (including phenoxy) is 1. The molecule has 0 radical (unpaired) electrons. The van der Waals surface area contributed by atoms with Crippen LogP contribution in [0.25, 0.3) is 10.9 Å². The van der Waals surface area contributed by atoms with Crippen molar-refractivity contribution in [3.63, 3.8) is 0 Å². The molecule has 0 saturated carbocycles. The van der Waals surface area contributed by atoms with E-state index in [1.807, 2.05) is 18.7 Å². The van der Waals surface area contributed by atoms with Gasteiger partial charge in [-0.2, -0.15) is 0 Å². The molecule has 3 heterocycles. The van der Waals surface area contributed by atoms with Crippen LogP contribution in [0.4, 0.5) is 4.79 Å². The van der Waals surface area contributed by atoms with Crippen molar-refractivity contribution in [3.05, 3.63) is 35.0 Å². The summed E-state index contributed by atoms with van der Waals surface area (Å²) in [5.74, 6) is 0. The van der Waals surface area contributed by atoms with Crippen LogP contribution in [0.5, 0.6) is 0 Å². The smallest absolute Gasteiger partial charge is 0.411 e. The van der Waals surface area contributed by atoms with Crippen molar-refractivity contribution in [2.24, 2.45) is 0 Å². The number of benzene rings is 1. The zero-order valence-corrected chi connectivity index (χ0v) is 12.9. The van der Waals surface area contributed by atoms with E-state index in [1.54, 1.807) is 0 Å². The highest BCUT2D eigenvalue weighted by Gasteiger charge is 2.59. The van der Waals surface area contributed by atoms with E-state index < -0.39 is 11.1 Å². The fourth-order valence-corrected chi connectivity index (χ4v) is 4.05. The Kier molecular flexibility index (Phi) is 2.19. The monoisotopic (exact) mass is 284 g/mol. The predicted octanol–water partition coefficient (Wildman–Crippen LogP) is 3.48. The lowest BCUT2D eigenvalue weighted by Crippen LogP contribution is -2.50. The zero-order valence-electron chi connectivity index (χ0n) is 12.9. The first-order valence-corrected chi connectivity index (χ1v) is 7.47. The molecule has 0 bridgehead atoms. The molecule has 0 spiro atoms. The van der Waals surface area contributed by atoms with Gasteiger partial charge in [-0.25, -0.2) is 4.79 Å². The number of aromatic amines is 1. The third-order valence-corrected chi connectivity index (χ3v) is 5.53. The molecule has 2 aliphatic heterocycles. The highest BCUT2D eigenvalue weighted by molar-refractivity contribution is 5.91. The van der Waals surface area contributed by atoms with Crippen LogP contribution in [0.1, 0.15) is 37.6 Å². The number of carbonyl (C=O) groups excluding carboxylic acids is 1. The Morgan fingerprint density at radius 3 is 2.81 bits per heavy atom. The first-order chi connectivity index (χ1) is 9.86. The van der Waals surface area contributed by atoms with E-state index in [9.17, 15) is 4.79 Å². The van der Waals surface area contributed by atoms with Crippen molar-refractivity contribution in [1.82, 2.24) is 9.88 Å². The molecule has 1 fully saturated rings. The summed E-state index contributed by atoms with van der Waals surface area (Å²) in [6.45, 7) is 8.95. The molecule has 1 atom stereocenters. The van der Waals surface area contributed by atoms with Crippen LogP contribution < -0.4 is 0 Å². The van der Waals surface area contributed by atoms with Gasteiger partial charge in [-0.15, -0.1) is 0 Å². The first kappa shape index (κ1) is 12.7. The molecule has 4 rings (SSSR count). The van der Waals surface area contributed by atoms with E-state index in [-0.39, 0.29) is 6.09 Å². The quantitative estimate of drug-likeness (QED) is 0.805. The molecule has 110 valence electrons.